The van der Waals surface area contributed by atoms with Crippen molar-refractivity contribution < 1.29 is 19.1 Å². The maximum atomic E-state index is 12.9. The van der Waals surface area contributed by atoms with Gasteiger partial charge in [-0.05, 0) is 133 Å². The molecule has 0 spiro atoms. The van der Waals surface area contributed by atoms with Gasteiger partial charge in [0.05, 0.1) is 22.5 Å². The van der Waals surface area contributed by atoms with Crippen LogP contribution in [0, 0.1) is 0 Å². The molecule has 8 heteroatoms. The van der Waals surface area contributed by atoms with E-state index in [1.54, 1.807) is 61.0 Å². The fourth-order valence-corrected chi connectivity index (χ4v) is 8.55. The number of ether oxygens (including phenoxy) is 2. The number of carbonyl (C=O) groups is 2. The zero-order chi connectivity index (χ0) is 43.5. The van der Waals surface area contributed by atoms with E-state index in [-0.39, 0.29) is 0 Å². The van der Waals surface area contributed by atoms with Crippen molar-refractivity contribution in [3.63, 3.8) is 0 Å². The summed E-state index contributed by atoms with van der Waals surface area (Å²) in [6.45, 7) is 4.53. The molecule has 0 saturated carbocycles. The Hall–Kier alpha value is -4.92. The molecule has 0 saturated heterocycles. The Balaban J connectivity index is 0.978. The van der Waals surface area contributed by atoms with Crippen LogP contribution in [0.5, 0.6) is 11.5 Å². The van der Waals surface area contributed by atoms with Gasteiger partial charge >= 0.3 is 11.9 Å². The van der Waals surface area contributed by atoms with Gasteiger partial charge < -0.3 is 9.47 Å². The lowest BCUT2D eigenvalue weighted by atomic mass is 10.1. The number of thioether (sulfide) groups is 2. The summed E-state index contributed by atoms with van der Waals surface area (Å²) < 4.78 is 11.1. The minimum Gasteiger partial charge on any atom is -0.423 e. The number of aliphatic imine (C=N–C) groups is 2. The maximum Gasteiger partial charge on any atom is 0.343 e. The third kappa shape index (κ3) is 18.6. The molecule has 62 heavy (non-hydrogen) atoms. The van der Waals surface area contributed by atoms with Gasteiger partial charge in [-0.3, -0.25) is 9.98 Å². The molecule has 6 nitrogen and oxygen atoms in total. The molecule has 0 fully saturated rings. The lowest BCUT2D eigenvalue weighted by Gasteiger charge is -2.07. The van der Waals surface area contributed by atoms with Gasteiger partial charge in [-0.1, -0.05) is 128 Å². The molecule has 0 bridgehead atoms. The van der Waals surface area contributed by atoms with Crippen LogP contribution in [0.4, 0.5) is 11.4 Å². The van der Waals surface area contributed by atoms with Crippen LogP contribution in [0.15, 0.2) is 141 Å². The molecule has 0 unspecified atom stereocenters. The first kappa shape index (κ1) is 48.1. The van der Waals surface area contributed by atoms with Crippen LogP contribution < -0.4 is 9.47 Å². The Morgan fingerprint density at radius 2 is 0.742 bits per heavy atom. The normalized spacial score (nSPS) is 11.4. The first-order chi connectivity index (χ1) is 30.5. The van der Waals surface area contributed by atoms with Gasteiger partial charge in [0.1, 0.15) is 11.5 Å². The summed E-state index contributed by atoms with van der Waals surface area (Å²) >= 11 is 3.81. The molecule has 5 rings (SSSR count). The second-order valence-corrected chi connectivity index (χ2v) is 18.0. The Morgan fingerprint density at radius 1 is 0.419 bits per heavy atom. The van der Waals surface area contributed by atoms with E-state index in [0.29, 0.717) is 22.6 Å². The molecule has 0 amide bonds. The number of carbonyl (C=O) groups excluding carboxylic acids is 2. The Kier molecular flexibility index (Phi) is 22.2. The number of hydrogen-bond acceptors (Lipinski definition) is 8. The van der Waals surface area contributed by atoms with E-state index in [1.807, 2.05) is 72.1 Å². The first-order valence-corrected chi connectivity index (χ1v) is 24.7. The summed E-state index contributed by atoms with van der Waals surface area (Å²) in [5.41, 5.74) is 4.36. The van der Waals surface area contributed by atoms with Crippen LogP contribution >= 0.6 is 23.5 Å². The van der Waals surface area contributed by atoms with Crippen molar-refractivity contribution in [1.29, 1.82) is 0 Å². The lowest BCUT2D eigenvalue weighted by Crippen LogP contribution is -2.09. The topological polar surface area (TPSA) is 77.3 Å². The zero-order valence-corrected chi connectivity index (χ0v) is 38.4. The molecule has 0 aromatic heterocycles. The van der Waals surface area contributed by atoms with Crippen molar-refractivity contribution in [2.24, 2.45) is 9.98 Å². The van der Waals surface area contributed by atoms with Gasteiger partial charge in [-0.2, -0.15) is 0 Å². The monoisotopic (exact) mass is 868 g/mol. The van der Waals surface area contributed by atoms with Crippen LogP contribution in [0.3, 0.4) is 0 Å². The Morgan fingerprint density at radius 3 is 1.08 bits per heavy atom. The van der Waals surface area contributed by atoms with Crippen molar-refractivity contribution in [3.8, 4) is 11.5 Å². The predicted molar refractivity (Wildman–Crippen MR) is 263 cm³/mol. The molecule has 0 N–H and O–H groups in total. The highest BCUT2D eigenvalue weighted by molar-refractivity contribution is 7.99. The van der Waals surface area contributed by atoms with Crippen molar-refractivity contribution in [1.82, 2.24) is 0 Å². The van der Waals surface area contributed by atoms with E-state index in [9.17, 15) is 9.59 Å². The summed E-state index contributed by atoms with van der Waals surface area (Å²) in [7, 11) is 0. The molecular formula is C54H64N2O4S2. The molecule has 5 aromatic carbocycles. The minimum atomic E-state index is -0.484. The second-order valence-electron chi connectivity index (χ2n) is 15.6. The lowest BCUT2D eigenvalue weighted by molar-refractivity contribution is 0.0719. The van der Waals surface area contributed by atoms with Crippen molar-refractivity contribution in [2.45, 2.75) is 126 Å². The van der Waals surface area contributed by atoms with Crippen molar-refractivity contribution >= 4 is 59.3 Å². The summed E-state index contributed by atoms with van der Waals surface area (Å²) in [4.78, 5) is 37.5. The van der Waals surface area contributed by atoms with Gasteiger partial charge in [0.15, 0.2) is 0 Å². The van der Waals surface area contributed by atoms with Gasteiger partial charge in [-0.25, -0.2) is 9.59 Å². The summed E-state index contributed by atoms with van der Waals surface area (Å²) in [6.07, 6.45) is 25.0. The number of unbranched alkanes of at least 4 members (excludes halogenated alkanes) is 14. The van der Waals surface area contributed by atoms with Gasteiger partial charge in [0.2, 0.25) is 0 Å². The third-order valence-corrected chi connectivity index (χ3v) is 12.7. The first-order valence-electron chi connectivity index (χ1n) is 22.8. The molecule has 326 valence electrons. The van der Waals surface area contributed by atoms with E-state index in [2.05, 4.69) is 48.1 Å². The number of hydrogen-bond donors (Lipinski definition) is 0. The average molecular weight is 869 g/mol. The van der Waals surface area contributed by atoms with E-state index in [0.717, 1.165) is 34.0 Å². The molecule has 0 heterocycles. The van der Waals surface area contributed by atoms with Crippen LogP contribution in [0.25, 0.3) is 0 Å². The molecule has 0 aliphatic rings. The molecule has 0 radical (unpaired) electrons. The van der Waals surface area contributed by atoms with Crippen LogP contribution in [0.1, 0.15) is 148 Å². The quantitative estimate of drug-likeness (QED) is 0.0164. The van der Waals surface area contributed by atoms with E-state index < -0.39 is 11.9 Å². The van der Waals surface area contributed by atoms with Crippen LogP contribution in [-0.2, 0) is 0 Å². The van der Waals surface area contributed by atoms with Gasteiger partial charge in [-0.15, -0.1) is 23.5 Å². The summed E-state index contributed by atoms with van der Waals surface area (Å²) in [5.74, 6) is 2.02. The number of esters is 2. The number of rotatable bonds is 28. The fourth-order valence-electron chi connectivity index (χ4n) is 6.73. The average Bonchev–Trinajstić information content (AvgIpc) is 3.31. The number of nitrogens with zero attached hydrogens (tertiary/aromatic N) is 2. The highest BCUT2D eigenvalue weighted by atomic mass is 32.2. The number of benzene rings is 5. The van der Waals surface area contributed by atoms with E-state index in [4.69, 9.17) is 9.47 Å². The second kappa shape index (κ2) is 28.6. The van der Waals surface area contributed by atoms with Crippen LogP contribution in [0.2, 0.25) is 0 Å². The van der Waals surface area contributed by atoms with E-state index in [1.165, 1.54) is 113 Å². The molecule has 5 aromatic rings. The maximum absolute atomic E-state index is 12.9. The Labute approximate surface area is 379 Å². The van der Waals surface area contributed by atoms with Gasteiger partial charge in [0.25, 0.3) is 0 Å². The standard InChI is InChI=1S/C54H64N2O4S2/c1-3-5-7-9-11-13-15-17-39-61-51-35-27-47(28-36-51)55-41-43-19-23-45(24-20-43)53(57)59-49-31-33-50(34-32-49)60-54(58)46-25-21-44(22-26-46)42-56-48-29-37-52(38-30-48)62-40-18-16-14-12-10-8-6-4-2/h19-38,41-42H,3-18,39-40H2,1-2H3. The highest BCUT2D eigenvalue weighted by Gasteiger charge is 2.11. The summed E-state index contributed by atoms with van der Waals surface area (Å²) in [6, 6.07) is 37.3. The smallest absolute Gasteiger partial charge is 0.343 e. The zero-order valence-electron chi connectivity index (χ0n) is 36.8. The molecule has 0 atom stereocenters. The fraction of sp³-hybridized carbons (Fsp3) is 0.370. The van der Waals surface area contributed by atoms with Crippen molar-refractivity contribution in [2.75, 3.05) is 11.5 Å². The molecule has 0 aliphatic heterocycles. The summed E-state index contributed by atoms with van der Waals surface area (Å²) in [5, 5.41) is 0. The molecule has 0 aliphatic carbocycles. The van der Waals surface area contributed by atoms with Crippen LogP contribution in [-0.4, -0.2) is 35.9 Å². The Bertz CT molecular complexity index is 1930. The largest absolute Gasteiger partial charge is 0.423 e. The van der Waals surface area contributed by atoms with E-state index >= 15 is 0 Å². The van der Waals surface area contributed by atoms with Crippen molar-refractivity contribution in [3.05, 3.63) is 144 Å². The highest BCUT2D eigenvalue weighted by Crippen LogP contribution is 2.26. The SMILES string of the molecule is CCCCCCCCCCSc1ccc(N=Cc2ccc(C(=O)Oc3ccc(OC(=O)c4ccc(C=Nc5ccc(SCCCCCCCCCC)cc5)cc4)cc3)cc2)cc1. The molecular weight excluding hydrogens is 805 g/mol. The van der Waals surface area contributed by atoms with Gasteiger partial charge in [0, 0.05) is 22.2 Å². The predicted octanol–water partition coefficient (Wildman–Crippen LogP) is 16.1. The minimum absolute atomic E-state index is 0.343. The third-order valence-electron chi connectivity index (χ3n) is 10.5.